The number of nitrogens with zero attached hydrogens (tertiary/aromatic N) is 4. The van der Waals surface area contributed by atoms with Gasteiger partial charge >= 0.3 is 6.18 Å². The second-order valence-electron chi connectivity index (χ2n) is 9.70. The zero-order chi connectivity index (χ0) is 24.4. The van der Waals surface area contributed by atoms with Crippen molar-refractivity contribution in [2.45, 2.75) is 75.7 Å². The molecular weight excluding hydrogens is 473 g/mol. The molecule has 0 bridgehead atoms. The number of pyridine rings is 1. The van der Waals surface area contributed by atoms with Crippen LogP contribution in [0, 0.1) is 0 Å². The zero-order valence-electron chi connectivity index (χ0n) is 18.7. The van der Waals surface area contributed by atoms with Crippen molar-refractivity contribution in [3.63, 3.8) is 0 Å². The number of carbonyl (C=O) groups is 2. The fraction of sp³-hybridized carbons (Fsp3) is 0.609. The van der Waals surface area contributed by atoms with E-state index in [2.05, 4.69) is 5.10 Å². The summed E-state index contributed by atoms with van der Waals surface area (Å²) >= 11 is 6.41. The molecule has 1 aliphatic heterocycles. The number of piperazine rings is 1. The standard InChI is InChI=1S/C23H26ClF3N4O3/c1-12-10-29(11-19(33)30(12)15-4-6-16(32)7-5-15)22(34)21-20(24)17-8-14(13-2-3-13)9-18(23(25,26)27)31(17)28-21/h8-9,12-13,15-16,32H,2-7,10-11H2,1H3. The molecule has 2 amide bonds. The van der Waals surface area contributed by atoms with E-state index in [4.69, 9.17) is 11.6 Å². The number of carbonyl (C=O) groups excluding carboxylic acids is 2. The number of fused-ring (bicyclic) bond motifs is 1. The van der Waals surface area contributed by atoms with Gasteiger partial charge in [-0.25, -0.2) is 4.52 Å². The first-order valence-electron chi connectivity index (χ1n) is 11.6. The Labute approximate surface area is 199 Å². The molecule has 3 heterocycles. The molecule has 7 nitrogen and oxygen atoms in total. The van der Waals surface area contributed by atoms with Crippen LogP contribution in [0.5, 0.6) is 0 Å². The van der Waals surface area contributed by atoms with Gasteiger partial charge in [-0.05, 0) is 69.1 Å². The highest BCUT2D eigenvalue weighted by molar-refractivity contribution is 6.36. The highest BCUT2D eigenvalue weighted by Gasteiger charge is 2.41. The van der Waals surface area contributed by atoms with E-state index in [1.165, 1.54) is 4.90 Å². The molecule has 3 fully saturated rings. The Balaban J connectivity index is 1.43. The van der Waals surface area contributed by atoms with Gasteiger partial charge in [-0.15, -0.1) is 0 Å². The molecule has 1 N–H and O–H groups in total. The first-order valence-corrected chi connectivity index (χ1v) is 12.0. The molecule has 0 radical (unpaired) electrons. The minimum Gasteiger partial charge on any atom is -0.393 e. The predicted octanol–water partition coefficient (Wildman–Crippen LogP) is 3.86. The molecule has 1 unspecified atom stereocenters. The van der Waals surface area contributed by atoms with Crippen LogP contribution in [0.2, 0.25) is 5.02 Å². The van der Waals surface area contributed by atoms with E-state index in [1.807, 2.05) is 6.92 Å². The summed E-state index contributed by atoms with van der Waals surface area (Å²) in [6.07, 6.45) is -0.716. The second-order valence-corrected chi connectivity index (χ2v) is 10.1. The third-order valence-electron chi connectivity index (χ3n) is 7.16. The molecule has 1 saturated heterocycles. The fourth-order valence-electron chi connectivity index (χ4n) is 5.30. The summed E-state index contributed by atoms with van der Waals surface area (Å²) < 4.78 is 42.0. The molecule has 0 spiro atoms. The number of amides is 2. The van der Waals surface area contributed by atoms with E-state index in [-0.39, 0.29) is 59.3 Å². The summed E-state index contributed by atoms with van der Waals surface area (Å²) in [4.78, 5) is 29.3. The molecule has 2 aliphatic carbocycles. The van der Waals surface area contributed by atoms with Crippen molar-refractivity contribution in [3.05, 3.63) is 34.1 Å². The lowest BCUT2D eigenvalue weighted by Gasteiger charge is -2.45. The lowest BCUT2D eigenvalue weighted by atomic mass is 9.90. The minimum absolute atomic E-state index is 0.0112. The quantitative estimate of drug-likeness (QED) is 0.697. The predicted molar refractivity (Wildman–Crippen MR) is 118 cm³/mol. The van der Waals surface area contributed by atoms with E-state index < -0.39 is 17.8 Å². The molecule has 2 saturated carbocycles. The van der Waals surface area contributed by atoms with Crippen LogP contribution in [0.4, 0.5) is 13.2 Å². The van der Waals surface area contributed by atoms with Crippen molar-refractivity contribution in [2.75, 3.05) is 13.1 Å². The monoisotopic (exact) mass is 498 g/mol. The number of hydrogen-bond acceptors (Lipinski definition) is 4. The maximum Gasteiger partial charge on any atom is 0.433 e. The van der Waals surface area contributed by atoms with Gasteiger partial charge in [0.15, 0.2) is 5.69 Å². The molecule has 11 heteroatoms. The smallest absolute Gasteiger partial charge is 0.393 e. The summed E-state index contributed by atoms with van der Waals surface area (Å²) in [5.74, 6) is -0.822. The highest BCUT2D eigenvalue weighted by Crippen LogP contribution is 2.43. The first-order chi connectivity index (χ1) is 16.0. The average molecular weight is 499 g/mol. The van der Waals surface area contributed by atoms with Gasteiger partial charge < -0.3 is 14.9 Å². The minimum atomic E-state index is -4.66. The Kier molecular flexibility index (Phi) is 5.79. The number of aliphatic hydroxyl groups excluding tert-OH is 1. The Morgan fingerprint density at radius 1 is 1.15 bits per heavy atom. The Bertz CT molecular complexity index is 1140. The van der Waals surface area contributed by atoms with Gasteiger partial charge in [0.25, 0.3) is 5.91 Å². The van der Waals surface area contributed by atoms with Crippen LogP contribution in [0.25, 0.3) is 5.52 Å². The van der Waals surface area contributed by atoms with Gasteiger partial charge in [-0.3, -0.25) is 9.59 Å². The van der Waals surface area contributed by atoms with Gasteiger partial charge in [-0.1, -0.05) is 11.6 Å². The Hall–Kier alpha value is -2.33. The molecule has 2 aromatic heterocycles. The summed E-state index contributed by atoms with van der Waals surface area (Å²) in [5.41, 5.74) is -0.674. The normalized spacial score (nSPS) is 26.4. The van der Waals surface area contributed by atoms with Crippen molar-refractivity contribution in [3.8, 4) is 0 Å². The number of hydrogen-bond donors (Lipinski definition) is 1. The number of aliphatic hydroxyl groups is 1. The third-order valence-corrected chi connectivity index (χ3v) is 7.53. The van der Waals surface area contributed by atoms with Crippen LogP contribution in [0.1, 0.15) is 73.1 Å². The Morgan fingerprint density at radius 2 is 1.82 bits per heavy atom. The van der Waals surface area contributed by atoms with Crippen molar-refractivity contribution in [1.29, 1.82) is 0 Å². The van der Waals surface area contributed by atoms with Gasteiger partial charge in [-0.2, -0.15) is 18.3 Å². The second kappa shape index (κ2) is 8.41. The summed E-state index contributed by atoms with van der Waals surface area (Å²) in [6, 6.07) is 2.39. The maximum atomic E-state index is 13.8. The van der Waals surface area contributed by atoms with E-state index in [0.29, 0.717) is 35.8 Å². The Morgan fingerprint density at radius 3 is 2.41 bits per heavy atom. The van der Waals surface area contributed by atoms with Crippen molar-refractivity contribution >= 4 is 28.9 Å². The topological polar surface area (TPSA) is 78.2 Å². The van der Waals surface area contributed by atoms with E-state index >= 15 is 0 Å². The van der Waals surface area contributed by atoms with Crippen LogP contribution < -0.4 is 0 Å². The lowest BCUT2D eigenvalue weighted by Crippen LogP contribution is -2.60. The maximum absolute atomic E-state index is 13.8. The van der Waals surface area contributed by atoms with Crippen molar-refractivity contribution in [1.82, 2.24) is 19.4 Å². The van der Waals surface area contributed by atoms with Crippen LogP contribution in [0.15, 0.2) is 12.1 Å². The van der Waals surface area contributed by atoms with Crippen LogP contribution in [0.3, 0.4) is 0 Å². The zero-order valence-corrected chi connectivity index (χ0v) is 19.4. The summed E-state index contributed by atoms with van der Waals surface area (Å²) in [5, 5.41) is 13.6. The molecule has 1 atom stereocenters. The van der Waals surface area contributed by atoms with Gasteiger partial charge in [0, 0.05) is 18.6 Å². The van der Waals surface area contributed by atoms with Crippen LogP contribution >= 0.6 is 11.6 Å². The molecule has 34 heavy (non-hydrogen) atoms. The summed E-state index contributed by atoms with van der Waals surface area (Å²) in [7, 11) is 0. The number of rotatable bonds is 3. The number of aromatic nitrogens is 2. The summed E-state index contributed by atoms with van der Waals surface area (Å²) in [6.45, 7) is 1.89. The number of alkyl halides is 3. The fourth-order valence-corrected chi connectivity index (χ4v) is 5.55. The third kappa shape index (κ3) is 4.15. The molecule has 2 aromatic rings. The van der Waals surface area contributed by atoms with Crippen molar-refractivity contribution < 1.29 is 27.9 Å². The van der Waals surface area contributed by atoms with Crippen LogP contribution in [-0.2, 0) is 11.0 Å². The van der Waals surface area contributed by atoms with Gasteiger partial charge in [0.1, 0.15) is 12.2 Å². The van der Waals surface area contributed by atoms with E-state index in [1.54, 1.807) is 11.0 Å². The number of halogens is 4. The SMILES string of the molecule is CC1CN(C(=O)c2nn3c(C(F)(F)F)cc(C4CC4)cc3c2Cl)CC(=O)N1C1CCC(O)CC1. The van der Waals surface area contributed by atoms with Gasteiger partial charge in [0.2, 0.25) is 5.91 Å². The highest BCUT2D eigenvalue weighted by atomic mass is 35.5. The van der Waals surface area contributed by atoms with E-state index in [9.17, 15) is 27.9 Å². The largest absolute Gasteiger partial charge is 0.433 e. The van der Waals surface area contributed by atoms with E-state index in [0.717, 1.165) is 18.9 Å². The van der Waals surface area contributed by atoms with Gasteiger partial charge in [0.05, 0.1) is 16.6 Å². The average Bonchev–Trinajstić information content (AvgIpc) is 3.57. The lowest BCUT2D eigenvalue weighted by molar-refractivity contribution is -0.143. The van der Waals surface area contributed by atoms with Crippen LogP contribution in [-0.4, -0.2) is 67.6 Å². The molecule has 184 valence electrons. The molecule has 0 aromatic carbocycles. The molecule has 5 rings (SSSR count). The van der Waals surface area contributed by atoms with Crippen molar-refractivity contribution in [2.24, 2.45) is 0 Å². The first kappa shape index (κ1) is 23.4. The molecular formula is C23H26ClF3N4O3. The molecule has 3 aliphatic rings.